The fourth-order valence-corrected chi connectivity index (χ4v) is 2.40. The highest BCUT2D eigenvalue weighted by molar-refractivity contribution is 14.1. The van der Waals surface area contributed by atoms with Gasteiger partial charge in [0.15, 0.2) is 0 Å². The van der Waals surface area contributed by atoms with E-state index in [0.717, 1.165) is 14.8 Å². The highest BCUT2D eigenvalue weighted by Crippen LogP contribution is 2.39. The Morgan fingerprint density at radius 2 is 2.12 bits per heavy atom. The van der Waals surface area contributed by atoms with Crippen LogP contribution in [0.3, 0.4) is 0 Å². The molecule has 1 aromatic carbocycles. The molecule has 0 heterocycles. The predicted octanol–water partition coefficient (Wildman–Crippen LogP) is 2.26. The fourth-order valence-electron chi connectivity index (χ4n) is 1.75. The number of benzene rings is 1. The Morgan fingerprint density at radius 3 is 2.65 bits per heavy atom. The van der Waals surface area contributed by atoms with E-state index in [9.17, 15) is 9.59 Å². The predicted molar refractivity (Wildman–Crippen MR) is 71.8 cm³/mol. The molecule has 1 aliphatic carbocycles. The average Bonchev–Trinajstić information content (AvgIpc) is 3.01. The SMILES string of the molecule is Cc1cc(I)ccc1NC(=O)C1CC1C(=O)O. The molecular weight excluding hydrogens is 333 g/mol. The van der Waals surface area contributed by atoms with E-state index in [2.05, 4.69) is 27.9 Å². The zero-order valence-electron chi connectivity index (χ0n) is 9.24. The molecule has 2 rings (SSSR count). The molecule has 2 atom stereocenters. The van der Waals surface area contributed by atoms with E-state index in [0.29, 0.717) is 6.42 Å². The zero-order chi connectivity index (χ0) is 12.6. The lowest BCUT2D eigenvalue weighted by Crippen LogP contribution is -2.17. The first-order chi connectivity index (χ1) is 7.99. The lowest BCUT2D eigenvalue weighted by Gasteiger charge is -2.08. The second-order valence-electron chi connectivity index (χ2n) is 4.24. The Morgan fingerprint density at radius 1 is 1.41 bits per heavy atom. The number of aliphatic carboxylic acids is 1. The molecule has 1 aliphatic rings. The molecule has 2 N–H and O–H groups in total. The van der Waals surface area contributed by atoms with Gasteiger partial charge in [-0.05, 0) is 59.7 Å². The Balaban J connectivity index is 2.02. The van der Waals surface area contributed by atoms with Gasteiger partial charge in [-0.3, -0.25) is 9.59 Å². The number of rotatable bonds is 3. The molecule has 0 bridgehead atoms. The lowest BCUT2D eigenvalue weighted by molar-refractivity contribution is -0.139. The summed E-state index contributed by atoms with van der Waals surface area (Å²) in [5.74, 6) is -1.95. The summed E-state index contributed by atoms with van der Waals surface area (Å²) >= 11 is 2.20. The van der Waals surface area contributed by atoms with Gasteiger partial charge in [0.25, 0.3) is 0 Å². The van der Waals surface area contributed by atoms with Crippen LogP contribution in [0.15, 0.2) is 18.2 Å². The molecule has 0 aromatic heterocycles. The van der Waals surface area contributed by atoms with Crippen LogP contribution in [0.2, 0.25) is 0 Å². The van der Waals surface area contributed by atoms with E-state index >= 15 is 0 Å². The second kappa shape index (κ2) is 4.64. The van der Waals surface area contributed by atoms with Crippen molar-refractivity contribution in [2.24, 2.45) is 11.8 Å². The highest BCUT2D eigenvalue weighted by Gasteiger charge is 2.48. The molecule has 0 spiro atoms. The van der Waals surface area contributed by atoms with Crippen LogP contribution in [0.4, 0.5) is 5.69 Å². The topological polar surface area (TPSA) is 66.4 Å². The van der Waals surface area contributed by atoms with Crippen LogP contribution < -0.4 is 5.32 Å². The molecule has 0 aliphatic heterocycles. The summed E-state index contributed by atoms with van der Waals surface area (Å²) in [6, 6.07) is 5.72. The smallest absolute Gasteiger partial charge is 0.307 e. The van der Waals surface area contributed by atoms with Crippen LogP contribution in [0.5, 0.6) is 0 Å². The molecule has 1 fully saturated rings. The van der Waals surface area contributed by atoms with E-state index < -0.39 is 11.9 Å². The molecule has 1 saturated carbocycles. The summed E-state index contributed by atoms with van der Waals surface area (Å²) in [5.41, 5.74) is 1.74. The summed E-state index contributed by atoms with van der Waals surface area (Å²) in [5, 5.41) is 11.5. The largest absolute Gasteiger partial charge is 0.481 e. The Hall–Kier alpha value is -1.11. The van der Waals surface area contributed by atoms with Gasteiger partial charge in [-0.1, -0.05) is 0 Å². The maximum atomic E-state index is 11.8. The standard InChI is InChI=1S/C12H12INO3/c1-6-4-7(13)2-3-10(6)14-11(15)8-5-9(8)12(16)17/h2-4,8-9H,5H2,1H3,(H,14,15)(H,16,17). The van der Waals surface area contributed by atoms with Gasteiger partial charge >= 0.3 is 5.97 Å². The number of carboxylic acid groups (broad SMARTS) is 1. The number of nitrogens with one attached hydrogen (secondary N) is 1. The zero-order valence-corrected chi connectivity index (χ0v) is 11.4. The molecular formula is C12H12INO3. The minimum Gasteiger partial charge on any atom is -0.481 e. The van der Waals surface area contributed by atoms with Crippen LogP contribution in [-0.2, 0) is 9.59 Å². The minimum absolute atomic E-state index is 0.193. The molecule has 4 nitrogen and oxygen atoms in total. The number of carbonyl (C=O) groups is 2. The number of hydrogen-bond acceptors (Lipinski definition) is 2. The van der Waals surface area contributed by atoms with Crippen molar-refractivity contribution in [2.45, 2.75) is 13.3 Å². The molecule has 17 heavy (non-hydrogen) atoms. The second-order valence-corrected chi connectivity index (χ2v) is 5.48. The van der Waals surface area contributed by atoms with Crippen molar-refractivity contribution in [1.82, 2.24) is 0 Å². The molecule has 0 saturated heterocycles. The van der Waals surface area contributed by atoms with E-state index in [4.69, 9.17) is 5.11 Å². The summed E-state index contributed by atoms with van der Waals surface area (Å²) in [6.07, 6.45) is 0.449. The van der Waals surface area contributed by atoms with Gasteiger partial charge in [-0.25, -0.2) is 0 Å². The number of hydrogen-bond donors (Lipinski definition) is 2. The van der Waals surface area contributed by atoms with Crippen molar-refractivity contribution in [1.29, 1.82) is 0 Å². The highest BCUT2D eigenvalue weighted by atomic mass is 127. The quantitative estimate of drug-likeness (QED) is 0.826. The van der Waals surface area contributed by atoms with Crippen molar-refractivity contribution in [2.75, 3.05) is 5.32 Å². The van der Waals surface area contributed by atoms with E-state index in [1.54, 1.807) is 0 Å². The Labute approximate surface area is 113 Å². The first kappa shape index (κ1) is 12.3. The molecule has 1 amide bonds. The van der Waals surface area contributed by atoms with Crippen molar-refractivity contribution in [3.05, 3.63) is 27.3 Å². The first-order valence-electron chi connectivity index (χ1n) is 5.29. The normalized spacial score (nSPS) is 22.0. The Kier molecular flexibility index (Phi) is 3.37. The summed E-state index contributed by atoms with van der Waals surface area (Å²) in [6.45, 7) is 1.92. The van der Waals surface area contributed by atoms with E-state index in [1.165, 1.54) is 0 Å². The van der Waals surface area contributed by atoms with Crippen molar-refractivity contribution in [3.8, 4) is 0 Å². The Bertz CT molecular complexity index is 487. The van der Waals surface area contributed by atoms with E-state index in [1.807, 2.05) is 25.1 Å². The molecule has 2 unspecified atom stereocenters. The summed E-state index contributed by atoms with van der Waals surface area (Å²) in [4.78, 5) is 22.4. The average molecular weight is 345 g/mol. The van der Waals surface area contributed by atoms with Crippen LogP contribution in [0.1, 0.15) is 12.0 Å². The maximum Gasteiger partial charge on any atom is 0.307 e. The third-order valence-corrected chi connectivity index (χ3v) is 3.56. The van der Waals surface area contributed by atoms with Gasteiger partial charge in [0.1, 0.15) is 0 Å². The minimum atomic E-state index is -0.885. The number of halogens is 1. The summed E-state index contributed by atoms with van der Waals surface area (Å²) in [7, 11) is 0. The third kappa shape index (κ3) is 2.77. The van der Waals surface area contributed by atoms with Crippen LogP contribution >= 0.6 is 22.6 Å². The van der Waals surface area contributed by atoms with Gasteiger partial charge in [-0.2, -0.15) is 0 Å². The number of aryl methyl sites for hydroxylation is 1. The molecule has 90 valence electrons. The number of carboxylic acids is 1. The number of anilines is 1. The van der Waals surface area contributed by atoms with E-state index in [-0.39, 0.29) is 11.8 Å². The van der Waals surface area contributed by atoms with Gasteiger partial charge in [-0.15, -0.1) is 0 Å². The molecule has 0 radical (unpaired) electrons. The summed E-state index contributed by atoms with van der Waals surface area (Å²) < 4.78 is 1.10. The van der Waals surface area contributed by atoms with Gasteiger partial charge in [0.2, 0.25) is 5.91 Å². The molecule has 5 heteroatoms. The van der Waals surface area contributed by atoms with Crippen molar-refractivity contribution in [3.63, 3.8) is 0 Å². The van der Waals surface area contributed by atoms with Gasteiger partial charge in [0, 0.05) is 9.26 Å². The number of carbonyl (C=O) groups excluding carboxylic acids is 1. The van der Waals surface area contributed by atoms with Crippen LogP contribution in [0.25, 0.3) is 0 Å². The van der Waals surface area contributed by atoms with Gasteiger partial charge in [0.05, 0.1) is 11.8 Å². The maximum absolute atomic E-state index is 11.8. The van der Waals surface area contributed by atoms with Crippen LogP contribution in [0, 0.1) is 22.3 Å². The third-order valence-electron chi connectivity index (χ3n) is 2.89. The monoisotopic (exact) mass is 345 g/mol. The fraction of sp³-hybridized carbons (Fsp3) is 0.333. The van der Waals surface area contributed by atoms with Gasteiger partial charge < -0.3 is 10.4 Å². The van der Waals surface area contributed by atoms with Crippen molar-refractivity contribution < 1.29 is 14.7 Å². The molecule has 1 aromatic rings. The van der Waals surface area contributed by atoms with Crippen molar-refractivity contribution >= 4 is 40.2 Å². The van der Waals surface area contributed by atoms with Crippen LogP contribution in [-0.4, -0.2) is 17.0 Å². The first-order valence-corrected chi connectivity index (χ1v) is 6.36. The number of amides is 1. The lowest BCUT2D eigenvalue weighted by atomic mass is 10.2.